The van der Waals surface area contributed by atoms with Crippen LogP contribution in [0.25, 0.3) is 11.0 Å². The van der Waals surface area contributed by atoms with Crippen molar-refractivity contribution in [3.05, 3.63) is 99.9 Å². The second-order valence-corrected chi connectivity index (χ2v) is 9.10. The van der Waals surface area contributed by atoms with Crippen LogP contribution in [0.2, 0.25) is 0 Å². The highest BCUT2D eigenvalue weighted by Crippen LogP contribution is 2.22. The van der Waals surface area contributed by atoms with Gasteiger partial charge in [0.2, 0.25) is 0 Å². The third kappa shape index (κ3) is 4.55. The normalized spacial score (nSPS) is 11.3. The van der Waals surface area contributed by atoms with Crippen molar-refractivity contribution in [1.29, 1.82) is 0 Å². The van der Waals surface area contributed by atoms with Crippen molar-refractivity contribution in [2.45, 2.75) is 18.7 Å². The Labute approximate surface area is 184 Å². The van der Waals surface area contributed by atoms with Crippen molar-refractivity contribution >= 4 is 38.3 Å². The van der Waals surface area contributed by atoms with E-state index >= 15 is 0 Å². The molecule has 0 spiro atoms. The summed E-state index contributed by atoms with van der Waals surface area (Å²) in [5, 5.41) is 3.47. The van der Waals surface area contributed by atoms with Crippen molar-refractivity contribution in [3.8, 4) is 0 Å². The predicted octanol–water partition coefficient (Wildman–Crippen LogP) is 4.46. The lowest BCUT2D eigenvalue weighted by molar-refractivity contribution is 0.102. The summed E-state index contributed by atoms with van der Waals surface area (Å²) in [6.45, 7) is 3.71. The van der Waals surface area contributed by atoms with Crippen LogP contribution < -0.4 is 15.7 Å². The summed E-state index contributed by atoms with van der Waals surface area (Å²) in [6.07, 6.45) is 0. The molecule has 0 radical (unpaired) electrons. The van der Waals surface area contributed by atoms with Crippen LogP contribution in [0.3, 0.4) is 0 Å². The molecule has 0 aliphatic carbocycles. The minimum absolute atomic E-state index is 0.0362. The fourth-order valence-corrected chi connectivity index (χ4v) is 4.35. The molecule has 2 N–H and O–H groups in total. The summed E-state index contributed by atoms with van der Waals surface area (Å²) in [5.74, 6) is -0.494. The Bertz CT molecular complexity index is 1490. The van der Waals surface area contributed by atoms with Gasteiger partial charge in [0.05, 0.1) is 4.90 Å². The van der Waals surface area contributed by atoms with E-state index < -0.39 is 21.6 Å². The SMILES string of the molecule is Cc1ccc(NS(=O)(=O)c2cccc(C(=O)Nc3ccc4c(C)cc(=O)oc4c3)c2)cc1. The van der Waals surface area contributed by atoms with E-state index in [4.69, 9.17) is 4.42 Å². The number of carbonyl (C=O) groups is 1. The van der Waals surface area contributed by atoms with Gasteiger partial charge in [0.15, 0.2) is 0 Å². The number of amides is 1. The van der Waals surface area contributed by atoms with Gasteiger partial charge in [0.25, 0.3) is 15.9 Å². The van der Waals surface area contributed by atoms with Gasteiger partial charge in [-0.05, 0) is 61.9 Å². The Kier molecular flexibility index (Phi) is 5.54. The summed E-state index contributed by atoms with van der Waals surface area (Å²) in [6, 6.07) is 19.1. The third-order valence-electron chi connectivity index (χ3n) is 4.92. The number of hydrogen-bond donors (Lipinski definition) is 2. The smallest absolute Gasteiger partial charge is 0.336 e. The van der Waals surface area contributed by atoms with Gasteiger partial charge in [0, 0.05) is 34.5 Å². The number of rotatable bonds is 5. The zero-order chi connectivity index (χ0) is 22.9. The molecular formula is C24H20N2O5S. The van der Waals surface area contributed by atoms with Crippen LogP contribution in [0.4, 0.5) is 11.4 Å². The Morgan fingerprint density at radius 3 is 2.34 bits per heavy atom. The molecule has 3 aromatic carbocycles. The topological polar surface area (TPSA) is 105 Å². The zero-order valence-electron chi connectivity index (χ0n) is 17.4. The average Bonchev–Trinajstić information content (AvgIpc) is 2.75. The van der Waals surface area contributed by atoms with Gasteiger partial charge in [-0.25, -0.2) is 13.2 Å². The molecule has 1 aromatic heterocycles. The lowest BCUT2D eigenvalue weighted by Crippen LogP contribution is -2.16. The molecule has 0 fully saturated rings. The number of sulfonamides is 1. The molecule has 7 nitrogen and oxygen atoms in total. The summed E-state index contributed by atoms with van der Waals surface area (Å²) in [5.41, 5.74) is 2.68. The standard InChI is InChI=1S/C24H20N2O5S/c1-15-6-8-18(9-7-15)26-32(29,30)20-5-3-4-17(13-20)24(28)25-19-10-11-21-16(2)12-23(27)31-22(21)14-19/h3-14,26H,1-2H3,(H,25,28). The monoisotopic (exact) mass is 448 g/mol. The van der Waals surface area contributed by atoms with Gasteiger partial charge >= 0.3 is 5.63 Å². The van der Waals surface area contributed by atoms with Gasteiger partial charge in [-0.3, -0.25) is 9.52 Å². The Morgan fingerprint density at radius 2 is 1.59 bits per heavy atom. The molecule has 4 rings (SSSR count). The molecule has 0 atom stereocenters. The minimum Gasteiger partial charge on any atom is -0.423 e. The highest BCUT2D eigenvalue weighted by atomic mass is 32.2. The van der Waals surface area contributed by atoms with Crippen LogP contribution in [-0.4, -0.2) is 14.3 Å². The molecule has 0 aliphatic rings. The fraction of sp³-hybridized carbons (Fsp3) is 0.0833. The molecule has 0 bridgehead atoms. The summed E-state index contributed by atoms with van der Waals surface area (Å²) in [7, 11) is -3.87. The Hall–Kier alpha value is -3.91. The van der Waals surface area contributed by atoms with Crippen LogP contribution in [0.1, 0.15) is 21.5 Å². The molecule has 4 aromatic rings. The lowest BCUT2D eigenvalue weighted by atomic mass is 10.1. The van der Waals surface area contributed by atoms with E-state index in [1.54, 1.807) is 49.4 Å². The first kappa shape index (κ1) is 21.3. The van der Waals surface area contributed by atoms with Crippen molar-refractivity contribution < 1.29 is 17.6 Å². The molecule has 1 amide bonds. The number of carbonyl (C=O) groups excluding carboxylic acids is 1. The summed E-state index contributed by atoms with van der Waals surface area (Å²) >= 11 is 0. The number of nitrogens with one attached hydrogen (secondary N) is 2. The van der Waals surface area contributed by atoms with E-state index in [9.17, 15) is 18.0 Å². The predicted molar refractivity (Wildman–Crippen MR) is 124 cm³/mol. The quantitative estimate of drug-likeness (QED) is 0.439. The molecule has 0 saturated carbocycles. The number of fused-ring (bicyclic) bond motifs is 1. The molecule has 1 heterocycles. The van der Waals surface area contributed by atoms with Gasteiger partial charge in [-0.15, -0.1) is 0 Å². The fourth-order valence-electron chi connectivity index (χ4n) is 3.25. The van der Waals surface area contributed by atoms with Crippen LogP contribution >= 0.6 is 0 Å². The van der Waals surface area contributed by atoms with E-state index in [0.29, 0.717) is 17.0 Å². The minimum atomic E-state index is -3.87. The van der Waals surface area contributed by atoms with Crippen LogP contribution in [0, 0.1) is 13.8 Å². The first-order valence-electron chi connectivity index (χ1n) is 9.77. The van der Waals surface area contributed by atoms with E-state index in [-0.39, 0.29) is 10.5 Å². The van der Waals surface area contributed by atoms with Gasteiger partial charge < -0.3 is 9.73 Å². The molecule has 0 saturated heterocycles. The molecular weight excluding hydrogens is 428 g/mol. The summed E-state index contributed by atoms with van der Waals surface area (Å²) in [4.78, 5) is 24.3. The van der Waals surface area contributed by atoms with E-state index in [0.717, 1.165) is 16.5 Å². The van der Waals surface area contributed by atoms with Gasteiger partial charge in [-0.2, -0.15) is 0 Å². The lowest BCUT2D eigenvalue weighted by Gasteiger charge is -2.10. The molecule has 0 unspecified atom stereocenters. The van der Waals surface area contributed by atoms with Crippen LogP contribution in [-0.2, 0) is 10.0 Å². The van der Waals surface area contributed by atoms with Crippen molar-refractivity contribution in [1.82, 2.24) is 0 Å². The second kappa shape index (κ2) is 8.32. The highest BCUT2D eigenvalue weighted by molar-refractivity contribution is 7.92. The Balaban J connectivity index is 1.57. The maximum absolute atomic E-state index is 12.7. The largest absolute Gasteiger partial charge is 0.423 e. The van der Waals surface area contributed by atoms with Crippen LogP contribution in [0.5, 0.6) is 0 Å². The first-order valence-corrected chi connectivity index (χ1v) is 11.2. The molecule has 8 heteroatoms. The number of aryl methyl sites for hydroxylation is 2. The highest BCUT2D eigenvalue weighted by Gasteiger charge is 2.17. The number of anilines is 2. The first-order chi connectivity index (χ1) is 15.2. The molecule has 32 heavy (non-hydrogen) atoms. The number of hydrogen-bond acceptors (Lipinski definition) is 5. The van der Waals surface area contributed by atoms with Gasteiger partial charge in [-0.1, -0.05) is 23.8 Å². The van der Waals surface area contributed by atoms with Crippen molar-refractivity contribution in [3.63, 3.8) is 0 Å². The van der Waals surface area contributed by atoms with Crippen molar-refractivity contribution in [2.24, 2.45) is 0 Å². The summed E-state index contributed by atoms with van der Waals surface area (Å²) < 4.78 is 33.2. The van der Waals surface area contributed by atoms with E-state index in [1.165, 1.54) is 30.3 Å². The van der Waals surface area contributed by atoms with Crippen LogP contribution in [0.15, 0.2) is 86.9 Å². The van der Waals surface area contributed by atoms with Crippen molar-refractivity contribution in [2.75, 3.05) is 10.0 Å². The maximum atomic E-state index is 12.7. The molecule has 0 aliphatic heterocycles. The third-order valence-corrected chi connectivity index (χ3v) is 6.30. The van der Waals surface area contributed by atoms with E-state index in [1.807, 2.05) is 6.92 Å². The second-order valence-electron chi connectivity index (χ2n) is 7.41. The molecule has 162 valence electrons. The number of benzene rings is 3. The van der Waals surface area contributed by atoms with E-state index in [2.05, 4.69) is 10.0 Å². The maximum Gasteiger partial charge on any atom is 0.336 e. The van der Waals surface area contributed by atoms with Gasteiger partial charge in [0.1, 0.15) is 5.58 Å². The Morgan fingerprint density at radius 1 is 0.875 bits per heavy atom. The zero-order valence-corrected chi connectivity index (χ0v) is 18.2. The average molecular weight is 449 g/mol.